The normalized spacial score (nSPS) is 11.8. The topological polar surface area (TPSA) is 35.3 Å². The van der Waals surface area contributed by atoms with Crippen LogP contribution in [0.15, 0.2) is 4.42 Å². The molecule has 0 N–H and O–H groups in total. The van der Waals surface area contributed by atoms with Crippen molar-refractivity contribution in [2.75, 3.05) is 7.11 Å². The summed E-state index contributed by atoms with van der Waals surface area (Å²) in [6, 6.07) is 0. The van der Waals surface area contributed by atoms with Crippen LogP contribution in [0.25, 0.3) is 0 Å². The minimum absolute atomic E-state index is 0.109. The van der Waals surface area contributed by atoms with Gasteiger partial charge in [-0.2, -0.15) is 4.98 Å². The van der Waals surface area contributed by atoms with Gasteiger partial charge in [-0.15, -0.1) is 0 Å². The van der Waals surface area contributed by atoms with E-state index in [2.05, 4.69) is 4.98 Å². The molecule has 0 aliphatic heterocycles. The second kappa shape index (κ2) is 2.98. The third-order valence-electron chi connectivity index (χ3n) is 1.47. The Labute approximate surface area is 76.7 Å². The minimum Gasteiger partial charge on any atom is -0.467 e. The number of oxazole rings is 1. The molecule has 1 aromatic rings. The number of methoxy groups -OCH3 is 1. The van der Waals surface area contributed by atoms with Crippen LogP contribution < -0.4 is 4.74 Å². The van der Waals surface area contributed by atoms with Crippen molar-refractivity contribution in [2.45, 2.75) is 26.2 Å². The molecular weight excluding hydrogens is 178 g/mol. The van der Waals surface area contributed by atoms with E-state index in [9.17, 15) is 0 Å². The van der Waals surface area contributed by atoms with Gasteiger partial charge in [0, 0.05) is 5.41 Å². The first-order chi connectivity index (χ1) is 5.45. The van der Waals surface area contributed by atoms with Crippen LogP contribution in [0.4, 0.5) is 0 Å². The quantitative estimate of drug-likeness (QED) is 0.681. The fourth-order valence-electron chi connectivity index (χ4n) is 0.893. The molecule has 0 amide bonds. The lowest BCUT2D eigenvalue weighted by atomic mass is 9.93. The highest BCUT2D eigenvalue weighted by atomic mass is 35.5. The Morgan fingerprint density at radius 1 is 1.42 bits per heavy atom. The van der Waals surface area contributed by atoms with Gasteiger partial charge in [-0.25, -0.2) is 0 Å². The molecule has 3 nitrogen and oxygen atoms in total. The minimum atomic E-state index is -0.109. The second-order valence-electron chi connectivity index (χ2n) is 3.56. The van der Waals surface area contributed by atoms with Gasteiger partial charge in [0.05, 0.1) is 7.11 Å². The first kappa shape index (κ1) is 9.39. The fraction of sp³-hybridized carbons (Fsp3) is 0.625. The summed E-state index contributed by atoms with van der Waals surface area (Å²) in [5.74, 6) is 0.396. The zero-order valence-corrected chi connectivity index (χ0v) is 8.40. The van der Waals surface area contributed by atoms with Crippen LogP contribution in [-0.4, -0.2) is 12.1 Å². The van der Waals surface area contributed by atoms with Crippen molar-refractivity contribution in [3.63, 3.8) is 0 Å². The van der Waals surface area contributed by atoms with Crippen LogP contribution in [0.1, 0.15) is 26.5 Å². The van der Waals surface area contributed by atoms with Gasteiger partial charge in [0.2, 0.25) is 0 Å². The summed E-state index contributed by atoms with van der Waals surface area (Å²) >= 11 is 5.59. The van der Waals surface area contributed by atoms with Crippen molar-refractivity contribution in [1.82, 2.24) is 4.98 Å². The number of ether oxygens (including phenoxy) is 1. The maximum Gasteiger partial charge on any atom is 0.309 e. The molecule has 4 heteroatoms. The molecular formula is C8H12ClNO2. The summed E-state index contributed by atoms with van der Waals surface area (Å²) in [7, 11) is 1.53. The van der Waals surface area contributed by atoms with E-state index in [-0.39, 0.29) is 10.8 Å². The second-order valence-corrected chi connectivity index (χ2v) is 3.88. The zero-order chi connectivity index (χ0) is 9.35. The molecule has 0 saturated heterocycles. The first-order valence-corrected chi connectivity index (χ1v) is 4.03. The standard InChI is InChI=1S/C8H12ClNO2/c1-8(2,3)5-6(11-4)12-7(9)10-5/h1-4H3. The molecule has 0 saturated carbocycles. The van der Waals surface area contributed by atoms with Crippen LogP contribution in [0.2, 0.25) is 5.35 Å². The van der Waals surface area contributed by atoms with Gasteiger partial charge in [0.15, 0.2) is 0 Å². The molecule has 1 aromatic heterocycles. The highest BCUT2D eigenvalue weighted by molar-refractivity contribution is 6.27. The number of aromatic nitrogens is 1. The molecule has 0 radical (unpaired) electrons. The molecule has 0 atom stereocenters. The predicted octanol–water partition coefficient (Wildman–Crippen LogP) is 2.63. The number of nitrogens with zero attached hydrogens (tertiary/aromatic N) is 1. The molecule has 68 valence electrons. The molecule has 0 aliphatic rings. The number of hydrogen-bond donors (Lipinski definition) is 0. The fourth-order valence-corrected chi connectivity index (χ4v) is 1.05. The molecule has 0 spiro atoms. The Balaban J connectivity index is 3.13. The summed E-state index contributed by atoms with van der Waals surface area (Å²) in [6.07, 6.45) is 0. The zero-order valence-electron chi connectivity index (χ0n) is 7.64. The average molecular weight is 190 g/mol. The van der Waals surface area contributed by atoms with Crippen molar-refractivity contribution in [3.05, 3.63) is 11.0 Å². The summed E-state index contributed by atoms with van der Waals surface area (Å²) in [5, 5.41) is 0.122. The van der Waals surface area contributed by atoms with Crippen LogP contribution in [0.3, 0.4) is 0 Å². The van der Waals surface area contributed by atoms with E-state index >= 15 is 0 Å². The van der Waals surface area contributed by atoms with Crippen LogP contribution in [-0.2, 0) is 5.41 Å². The van der Waals surface area contributed by atoms with Crippen molar-refractivity contribution in [2.24, 2.45) is 0 Å². The Kier molecular flexibility index (Phi) is 2.33. The van der Waals surface area contributed by atoms with Gasteiger partial charge in [0.1, 0.15) is 5.69 Å². The Hall–Kier alpha value is -0.700. The lowest BCUT2D eigenvalue weighted by molar-refractivity contribution is 0.295. The van der Waals surface area contributed by atoms with Crippen molar-refractivity contribution >= 4 is 11.6 Å². The maximum absolute atomic E-state index is 5.59. The van der Waals surface area contributed by atoms with Crippen molar-refractivity contribution in [1.29, 1.82) is 0 Å². The van der Waals surface area contributed by atoms with E-state index in [1.54, 1.807) is 0 Å². The largest absolute Gasteiger partial charge is 0.467 e. The van der Waals surface area contributed by atoms with Gasteiger partial charge >= 0.3 is 5.95 Å². The Morgan fingerprint density at radius 3 is 2.33 bits per heavy atom. The smallest absolute Gasteiger partial charge is 0.309 e. The Morgan fingerprint density at radius 2 is 2.00 bits per heavy atom. The lowest BCUT2D eigenvalue weighted by Crippen LogP contribution is -2.12. The van der Waals surface area contributed by atoms with Gasteiger partial charge in [-0.1, -0.05) is 20.8 Å². The monoisotopic (exact) mass is 189 g/mol. The molecule has 0 unspecified atom stereocenters. The van der Waals surface area contributed by atoms with Gasteiger partial charge in [-0.3, -0.25) is 0 Å². The summed E-state index contributed by atoms with van der Waals surface area (Å²) in [4.78, 5) is 4.03. The maximum atomic E-state index is 5.59. The Bertz CT molecular complexity index is 275. The van der Waals surface area contributed by atoms with Crippen LogP contribution >= 0.6 is 11.6 Å². The average Bonchev–Trinajstić information content (AvgIpc) is 2.29. The van der Waals surface area contributed by atoms with Crippen LogP contribution in [0, 0.1) is 0 Å². The van der Waals surface area contributed by atoms with Crippen molar-refractivity contribution < 1.29 is 9.15 Å². The number of rotatable bonds is 1. The molecule has 0 bridgehead atoms. The van der Waals surface area contributed by atoms with Crippen molar-refractivity contribution in [3.8, 4) is 5.95 Å². The van der Waals surface area contributed by atoms with E-state index in [0.29, 0.717) is 5.95 Å². The SMILES string of the molecule is COc1oc(Cl)nc1C(C)(C)C. The van der Waals surface area contributed by atoms with E-state index in [0.717, 1.165) is 5.69 Å². The molecule has 12 heavy (non-hydrogen) atoms. The van der Waals surface area contributed by atoms with E-state index in [1.807, 2.05) is 20.8 Å². The molecule has 1 rings (SSSR count). The van der Waals surface area contributed by atoms with Gasteiger partial charge < -0.3 is 9.15 Å². The van der Waals surface area contributed by atoms with E-state index in [4.69, 9.17) is 20.8 Å². The summed E-state index contributed by atoms with van der Waals surface area (Å²) in [6.45, 7) is 6.05. The van der Waals surface area contributed by atoms with Crippen LogP contribution in [0.5, 0.6) is 5.95 Å². The first-order valence-electron chi connectivity index (χ1n) is 3.66. The molecule has 0 fully saturated rings. The highest BCUT2D eigenvalue weighted by Gasteiger charge is 2.25. The third-order valence-corrected chi connectivity index (χ3v) is 1.63. The summed E-state index contributed by atoms with van der Waals surface area (Å²) in [5.41, 5.74) is 0.636. The highest BCUT2D eigenvalue weighted by Crippen LogP contribution is 2.32. The van der Waals surface area contributed by atoms with Gasteiger partial charge in [-0.05, 0) is 11.6 Å². The number of halogens is 1. The van der Waals surface area contributed by atoms with Gasteiger partial charge in [0.25, 0.3) is 5.35 Å². The molecule has 0 aliphatic carbocycles. The lowest BCUT2D eigenvalue weighted by Gasteiger charge is -2.14. The summed E-state index contributed by atoms with van der Waals surface area (Å²) < 4.78 is 10.0. The number of hydrogen-bond acceptors (Lipinski definition) is 3. The third kappa shape index (κ3) is 1.72. The molecule has 0 aromatic carbocycles. The molecule has 1 heterocycles. The van der Waals surface area contributed by atoms with E-state index < -0.39 is 0 Å². The van der Waals surface area contributed by atoms with E-state index in [1.165, 1.54) is 7.11 Å². The predicted molar refractivity (Wildman–Crippen MR) is 46.8 cm³/mol.